The van der Waals surface area contributed by atoms with E-state index in [2.05, 4.69) is 6.58 Å². The number of amides is 1. The molecule has 2 N–H and O–H groups in total. The second-order valence-corrected chi connectivity index (χ2v) is 4.75. The maximum absolute atomic E-state index is 12.6. The van der Waals surface area contributed by atoms with Gasteiger partial charge in [-0.3, -0.25) is 14.4 Å². The van der Waals surface area contributed by atoms with Crippen molar-refractivity contribution in [2.24, 2.45) is 5.41 Å². The predicted molar refractivity (Wildman–Crippen MR) is 70.0 cm³/mol. The van der Waals surface area contributed by atoms with E-state index in [1.165, 1.54) is 19.3 Å². The number of allylic oxidation sites excluding steroid dienone is 2. The summed E-state index contributed by atoms with van der Waals surface area (Å²) in [5.74, 6) is -1.32. The standard InChI is InChI=1S/C14H17NO5/c1-4-5-9-6-7-10(16)12(18)14(9)11(17)8(2)15(20-3)13(14)19/h5-7,11-12,17-18H,2,4H2,1,3H3/b9-5-/t11-,12+,14-/m0/s1. The Bertz CT molecular complexity index is 536. The van der Waals surface area contributed by atoms with Crippen LogP contribution in [0.25, 0.3) is 0 Å². The smallest absolute Gasteiger partial charge is 0.267 e. The molecule has 108 valence electrons. The van der Waals surface area contributed by atoms with Gasteiger partial charge in [0.1, 0.15) is 17.6 Å². The van der Waals surface area contributed by atoms with Crippen LogP contribution in [0.1, 0.15) is 13.3 Å². The first-order valence-electron chi connectivity index (χ1n) is 6.29. The molecule has 1 fully saturated rings. The maximum Gasteiger partial charge on any atom is 0.267 e. The molecular weight excluding hydrogens is 262 g/mol. The van der Waals surface area contributed by atoms with Gasteiger partial charge in [-0.25, -0.2) is 0 Å². The minimum Gasteiger partial charge on any atom is -0.385 e. The van der Waals surface area contributed by atoms with E-state index in [0.717, 1.165) is 5.06 Å². The third-order valence-electron chi connectivity index (χ3n) is 3.76. The zero-order valence-electron chi connectivity index (χ0n) is 11.4. The fraction of sp³-hybridized carbons (Fsp3) is 0.429. The van der Waals surface area contributed by atoms with Crippen molar-refractivity contribution < 1.29 is 24.6 Å². The molecule has 6 heteroatoms. The van der Waals surface area contributed by atoms with Gasteiger partial charge in [0.25, 0.3) is 5.91 Å². The molecule has 0 saturated carbocycles. The van der Waals surface area contributed by atoms with Crippen molar-refractivity contribution in [3.05, 3.63) is 36.1 Å². The molecule has 1 aliphatic carbocycles. The Morgan fingerprint density at radius 3 is 2.55 bits per heavy atom. The van der Waals surface area contributed by atoms with Gasteiger partial charge in [0.15, 0.2) is 5.78 Å². The molecule has 3 atom stereocenters. The number of nitrogens with zero attached hydrogens (tertiary/aromatic N) is 1. The largest absolute Gasteiger partial charge is 0.385 e. The second-order valence-electron chi connectivity index (χ2n) is 4.75. The van der Waals surface area contributed by atoms with Crippen LogP contribution in [0.3, 0.4) is 0 Å². The lowest BCUT2D eigenvalue weighted by molar-refractivity contribution is -0.171. The zero-order valence-corrected chi connectivity index (χ0v) is 11.4. The molecule has 0 aromatic rings. The van der Waals surface area contributed by atoms with Crippen molar-refractivity contribution >= 4 is 11.7 Å². The number of aliphatic hydroxyl groups is 2. The van der Waals surface area contributed by atoms with Gasteiger partial charge in [-0.05, 0) is 18.1 Å². The van der Waals surface area contributed by atoms with E-state index in [9.17, 15) is 19.8 Å². The van der Waals surface area contributed by atoms with Crippen LogP contribution in [-0.2, 0) is 14.4 Å². The molecule has 2 rings (SSSR count). The average Bonchev–Trinajstić information content (AvgIpc) is 2.61. The summed E-state index contributed by atoms with van der Waals surface area (Å²) in [5.41, 5.74) is -1.37. The minimum absolute atomic E-state index is 0.00153. The zero-order chi connectivity index (χ0) is 15.1. The highest BCUT2D eigenvalue weighted by atomic mass is 16.7. The molecule has 20 heavy (non-hydrogen) atoms. The third-order valence-corrected chi connectivity index (χ3v) is 3.76. The van der Waals surface area contributed by atoms with E-state index >= 15 is 0 Å². The molecule has 1 aliphatic heterocycles. The van der Waals surface area contributed by atoms with Gasteiger partial charge in [0, 0.05) is 0 Å². The van der Waals surface area contributed by atoms with E-state index < -0.39 is 29.3 Å². The fourth-order valence-electron chi connectivity index (χ4n) is 2.78. The fourth-order valence-corrected chi connectivity index (χ4v) is 2.78. The molecule has 2 aliphatic rings. The number of hydrogen-bond donors (Lipinski definition) is 2. The Hall–Kier alpha value is -1.76. The first-order chi connectivity index (χ1) is 9.42. The van der Waals surface area contributed by atoms with E-state index in [1.54, 1.807) is 6.08 Å². The number of rotatable bonds is 2. The maximum atomic E-state index is 12.6. The van der Waals surface area contributed by atoms with Crippen molar-refractivity contribution in [2.75, 3.05) is 7.11 Å². The van der Waals surface area contributed by atoms with Gasteiger partial charge in [-0.2, -0.15) is 5.06 Å². The van der Waals surface area contributed by atoms with Crippen LogP contribution in [0.4, 0.5) is 0 Å². The summed E-state index contributed by atoms with van der Waals surface area (Å²) < 4.78 is 0. The average molecular weight is 279 g/mol. The van der Waals surface area contributed by atoms with Crippen LogP contribution in [0.2, 0.25) is 0 Å². The molecule has 6 nitrogen and oxygen atoms in total. The van der Waals surface area contributed by atoms with Crippen LogP contribution < -0.4 is 0 Å². The van der Waals surface area contributed by atoms with E-state index in [4.69, 9.17) is 4.84 Å². The lowest BCUT2D eigenvalue weighted by Crippen LogP contribution is -2.54. The summed E-state index contributed by atoms with van der Waals surface area (Å²) in [4.78, 5) is 29.2. The minimum atomic E-state index is -1.77. The lowest BCUT2D eigenvalue weighted by Gasteiger charge is -2.36. The first-order valence-corrected chi connectivity index (χ1v) is 6.29. The van der Waals surface area contributed by atoms with Gasteiger partial charge >= 0.3 is 0 Å². The third kappa shape index (κ3) is 1.62. The van der Waals surface area contributed by atoms with Gasteiger partial charge in [-0.1, -0.05) is 25.7 Å². The van der Waals surface area contributed by atoms with E-state index in [0.29, 0.717) is 12.0 Å². The Morgan fingerprint density at radius 2 is 2.05 bits per heavy atom. The van der Waals surface area contributed by atoms with Crippen LogP contribution in [0.15, 0.2) is 36.1 Å². The van der Waals surface area contributed by atoms with Crippen LogP contribution in [0, 0.1) is 5.41 Å². The van der Waals surface area contributed by atoms with Crippen LogP contribution in [-0.4, -0.2) is 46.3 Å². The van der Waals surface area contributed by atoms with E-state index in [-0.39, 0.29) is 5.70 Å². The van der Waals surface area contributed by atoms with Gasteiger partial charge in [0.05, 0.1) is 12.8 Å². The summed E-state index contributed by atoms with van der Waals surface area (Å²) in [7, 11) is 1.25. The normalized spacial score (nSPS) is 35.7. The number of hydroxylamine groups is 2. The topological polar surface area (TPSA) is 87.1 Å². The summed E-state index contributed by atoms with van der Waals surface area (Å²) in [6.07, 6.45) is 1.85. The number of aliphatic hydroxyl groups excluding tert-OH is 2. The summed E-state index contributed by atoms with van der Waals surface area (Å²) in [6, 6.07) is 0. The SMILES string of the molecule is C=C1[C@H](O)[C@@]2(C(=O)N1OC)/C(=C\CC)C=CC(=O)[C@H]2O. The molecule has 1 heterocycles. The van der Waals surface area contributed by atoms with Crippen molar-refractivity contribution in [3.63, 3.8) is 0 Å². The van der Waals surface area contributed by atoms with Crippen LogP contribution >= 0.6 is 0 Å². The molecule has 0 aromatic heterocycles. The lowest BCUT2D eigenvalue weighted by atomic mass is 9.67. The Morgan fingerprint density at radius 1 is 1.40 bits per heavy atom. The van der Waals surface area contributed by atoms with Crippen molar-refractivity contribution in [2.45, 2.75) is 25.6 Å². The van der Waals surface area contributed by atoms with E-state index in [1.807, 2.05) is 6.92 Å². The first kappa shape index (κ1) is 14.6. The Kier molecular flexibility index (Phi) is 3.64. The number of carbonyl (C=O) groups excluding carboxylic acids is 2. The monoisotopic (exact) mass is 279 g/mol. The summed E-state index contributed by atoms with van der Waals surface area (Å²) in [5, 5.41) is 21.5. The van der Waals surface area contributed by atoms with Gasteiger partial charge in [0.2, 0.25) is 0 Å². The molecule has 1 spiro atoms. The van der Waals surface area contributed by atoms with Crippen molar-refractivity contribution in [1.82, 2.24) is 5.06 Å². The molecule has 0 unspecified atom stereocenters. The van der Waals surface area contributed by atoms with Crippen LogP contribution in [0.5, 0.6) is 0 Å². The second kappa shape index (κ2) is 4.97. The molecule has 1 saturated heterocycles. The predicted octanol–water partition coefficient (Wildman–Crippen LogP) is 0.0872. The molecule has 1 amide bonds. The van der Waals surface area contributed by atoms with Crippen molar-refractivity contribution in [1.29, 1.82) is 0 Å². The number of hydrogen-bond acceptors (Lipinski definition) is 5. The Balaban J connectivity index is 2.68. The Labute approximate surface area is 116 Å². The summed E-state index contributed by atoms with van der Waals surface area (Å²) in [6.45, 7) is 5.45. The highest BCUT2D eigenvalue weighted by Gasteiger charge is 2.64. The molecule has 0 radical (unpaired) electrons. The number of ketones is 1. The molecular formula is C14H17NO5. The highest BCUT2D eigenvalue weighted by Crippen LogP contribution is 2.49. The van der Waals surface area contributed by atoms with Gasteiger partial charge < -0.3 is 10.2 Å². The molecule has 0 bridgehead atoms. The number of carbonyl (C=O) groups is 2. The quantitative estimate of drug-likeness (QED) is 0.748. The highest BCUT2D eigenvalue weighted by molar-refractivity contribution is 6.05. The van der Waals surface area contributed by atoms with Crippen molar-refractivity contribution in [3.8, 4) is 0 Å². The van der Waals surface area contributed by atoms with Gasteiger partial charge in [-0.15, -0.1) is 0 Å². The molecule has 0 aromatic carbocycles. The summed E-state index contributed by atoms with van der Waals surface area (Å²) >= 11 is 0.